The number of carbonyl (C=O) groups is 2. The Kier molecular flexibility index (Phi) is 6.29. The van der Waals surface area contributed by atoms with Crippen molar-refractivity contribution in [2.75, 3.05) is 25.0 Å². The number of urea groups is 1. The Hall–Kier alpha value is -3.30. The largest absolute Gasteiger partial charge is 1.00 e. The quantitative estimate of drug-likeness (QED) is 0.398. The minimum absolute atomic E-state index is 0. The number of anilines is 1. The first-order valence-corrected chi connectivity index (χ1v) is 11.6. The Labute approximate surface area is 213 Å². The van der Waals surface area contributed by atoms with Crippen LogP contribution in [-0.2, 0) is 9.53 Å². The zero-order valence-electron chi connectivity index (χ0n) is 19.0. The average molecular weight is 537 g/mol. The number of ether oxygens (including phenoxy) is 2. The maximum absolute atomic E-state index is 13.6. The van der Waals surface area contributed by atoms with E-state index >= 15 is 0 Å². The van der Waals surface area contributed by atoms with Crippen LogP contribution in [-0.4, -0.2) is 52.4 Å². The number of para-hydroxylation sites is 2. The molecule has 0 radical (unpaired) electrons. The number of hydrogen-bond donors (Lipinski definition) is 1. The van der Waals surface area contributed by atoms with Gasteiger partial charge in [-0.2, -0.15) is 5.10 Å². The second-order valence-corrected chi connectivity index (χ2v) is 9.24. The minimum Gasteiger partial charge on any atom is -1.00 e. The second kappa shape index (κ2) is 9.39. The van der Waals surface area contributed by atoms with Crippen LogP contribution in [0.5, 0.6) is 11.5 Å². The van der Waals surface area contributed by atoms with Crippen molar-refractivity contribution >= 4 is 17.8 Å². The van der Waals surface area contributed by atoms with Gasteiger partial charge in [-0.3, -0.25) is 10.1 Å². The number of esters is 1. The van der Waals surface area contributed by atoms with E-state index in [1.807, 2.05) is 48.5 Å². The van der Waals surface area contributed by atoms with Crippen LogP contribution in [0.25, 0.3) is 0 Å². The summed E-state index contributed by atoms with van der Waals surface area (Å²) in [6, 6.07) is 18.5. The molecule has 180 valence electrons. The van der Waals surface area contributed by atoms with Gasteiger partial charge < -0.3 is 26.5 Å². The number of amides is 2. The molecule has 1 N–H and O–H groups in total. The van der Waals surface area contributed by atoms with E-state index < -0.39 is 5.92 Å². The number of hydrogen-bond acceptors (Lipinski definition) is 6. The third kappa shape index (κ3) is 4.19. The van der Waals surface area contributed by atoms with Crippen molar-refractivity contribution in [3.8, 4) is 11.5 Å². The molecule has 0 spiro atoms. The van der Waals surface area contributed by atoms with Crippen molar-refractivity contribution in [3.05, 3.63) is 78.0 Å². The predicted octanol–water partition coefficient (Wildman–Crippen LogP) is 1.10. The van der Waals surface area contributed by atoms with Crippen molar-refractivity contribution in [3.63, 3.8) is 0 Å². The summed E-state index contributed by atoms with van der Waals surface area (Å²) in [5.41, 5.74) is 1.61. The number of piperidine rings is 3. The van der Waals surface area contributed by atoms with Gasteiger partial charge in [-0.15, -0.1) is 5.10 Å². The van der Waals surface area contributed by atoms with E-state index in [1.165, 1.54) is 0 Å². The number of nitrogens with zero attached hydrogens (tertiary/aromatic N) is 3. The zero-order chi connectivity index (χ0) is 23.1. The lowest BCUT2D eigenvalue weighted by Gasteiger charge is -2.49. The van der Waals surface area contributed by atoms with Crippen molar-refractivity contribution in [2.45, 2.75) is 24.9 Å². The Balaban J connectivity index is 0.00000253. The maximum atomic E-state index is 13.6. The first kappa shape index (κ1) is 23.4. The fourth-order valence-corrected chi connectivity index (χ4v) is 5.53. The summed E-state index contributed by atoms with van der Waals surface area (Å²) in [5, 5.41) is 10.7. The maximum Gasteiger partial charge on any atom is 0.422 e. The van der Waals surface area contributed by atoms with Gasteiger partial charge in [-0.1, -0.05) is 36.4 Å². The highest BCUT2D eigenvalue weighted by atomic mass is 79.9. The lowest BCUT2D eigenvalue weighted by atomic mass is 9.83. The number of benzene rings is 2. The number of carbonyl (C=O) groups excluding carboxylic acids is 2. The fraction of sp³-hybridized carbons (Fsp3) is 0.308. The summed E-state index contributed by atoms with van der Waals surface area (Å²) in [6.07, 6.45) is 2.93. The first-order valence-electron chi connectivity index (χ1n) is 11.6. The number of nitrogens with one attached hydrogen (secondary N) is 1. The van der Waals surface area contributed by atoms with Gasteiger partial charge in [0.05, 0.1) is 13.1 Å². The number of fused-ring (bicyclic) bond motifs is 5. The van der Waals surface area contributed by atoms with Crippen molar-refractivity contribution in [1.82, 2.24) is 10.2 Å². The van der Waals surface area contributed by atoms with E-state index in [0.29, 0.717) is 23.9 Å². The van der Waals surface area contributed by atoms with Gasteiger partial charge in [0.2, 0.25) is 0 Å². The molecule has 0 saturated carbocycles. The van der Waals surface area contributed by atoms with Crippen molar-refractivity contribution in [2.24, 2.45) is 5.92 Å². The molecule has 2 aromatic carbocycles. The Morgan fingerprint density at radius 1 is 0.943 bits per heavy atom. The molecule has 4 aliphatic heterocycles. The van der Waals surface area contributed by atoms with Crippen LogP contribution in [0, 0.1) is 5.92 Å². The molecule has 0 aliphatic carbocycles. The molecule has 1 aromatic heterocycles. The summed E-state index contributed by atoms with van der Waals surface area (Å²) in [4.78, 5) is 26.9. The standard InChI is InChI=1S/C26H24N4O4.BrH/c31-25(24-18-6-1-3-8-20(18)33-21-9-4-2-7-19(21)24)34-22-16-30(14-11-17(22)12-15-30)26(32)28-23-10-5-13-27-29-23;/h1-10,13,17,22,24H,11-12,14-16H2;1H/t17?,22-,30?;/m0./s1. The molecule has 2 bridgehead atoms. The third-order valence-corrected chi connectivity index (χ3v) is 7.33. The molecule has 35 heavy (non-hydrogen) atoms. The molecular formula is C26H25BrN4O4. The zero-order valence-corrected chi connectivity index (χ0v) is 20.6. The van der Waals surface area contributed by atoms with E-state index in [-0.39, 0.29) is 45.5 Å². The normalized spacial score (nSPS) is 24.2. The van der Waals surface area contributed by atoms with E-state index in [0.717, 1.165) is 37.1 Å². The molecule has 1 atom stereocenters. The van der Waals surface area contributed by atoms with Gasteiger partial charge in [0.1, 0.15) is 24.0 Å². The Bertz CT molecular complexity index is 1200. The van der Waals surface area contributed by atoms with Crippen molar-refractivity contribution < 1.29 is 40.5 Å². The van der Waals surface area contributed by atoms with Gasteiger partial charge in [0, 0.05) is 36.1 Å². The van der Waals surface area contributed by atoms with Gasteiger partial charge in [0.25, 0.3) is 0 Å². The van der Waals surface area contributed by atoms with E-state index in [2.05, 4.69) is 15.5 Å². The average Bonchev–Trinajstić information content (AvgIpc) is 2.88. The van der Waals surface area contributed by atoms with Crippen LogP contribution in [0.4, 0.5) is 10.6 Å². The minimum atomic E-state index is -0.557. The highest BCUT2D eigenvalue weighted by Crippen LogP contribution is 2.45. The molecule has 0 unspecified atom stereocenters. The van der Waals surface area contributed by atoms with Crippen LogP contribution in [0.15, 0.2) is 66.9 Å². The molecule has 8 nitrogen and oxygen atoms in total. The Morgan fingerprint density at radius 2 is 1.60 bits per heavy atom. The molecule has 4 aliphatic rings. The SMILES string of the molecule is O=C(O[C@H]1C[N+]2(C(=O)Nc3cccnn3)CCC1CC2)C1c2ccccc2Oc2ccccc21.[Br-]. The van der Waals surface area contributed by atoms with Gasteiger partial charge in [-0.05, 0) is 24.3 Å². The summed E-state index contributed by atoms with van der Waals surface area (Å²) in [6.45, 7) is 1.93. The van der Waals surface area contributed by atoms with Gasteiger partial charge in [0.15, 0.2) is 11.9 Å². The van der Waals surface area contributed by atoms with Gasteiger partial charge in [-0.25, -0.2) is 9.28 Å². The number of quaternary nitrogens is 1. The Morgan fingerprint density at radius 3 is 2.23 bits per heavy atom. The lowest BCUT2D eigenvalue weighted by molar-refractivity contribution is -0.869. The summed E-state index contributed by atoms with van der Waals surface area (Å²) >= 11 is 0. The monoisotopic (exact) mass is 536 g/mol. The highest BCUT2D eigenvalue weighted by Gasteiger charge is 2.52. The molecule has 3 fully saturated rings. The summed E-state index contributed by atoms with van der Waals surface area (Å²) < 4.78 is 12.5. The summed E-state index contributed by atoms with van der Waals surface area (Å²) in [7, 11) is 0. The van der Waals surface area contributed by atoms with Crippen LogP contribution in [0.3, 0.4) is 0 Å². The van der Waals surface area contributed by atoms with E-state index in [1.54, 1.807) is 18.3 Å². The predicted molar refractivity (Wildman–Crippen MR) is 123 cm³/mol. The number of aromatic nitrogens is 2. The third-order valence-electron chi connectivity index (χ3n) is 7.33. The van der Waals surface area contributed by atoms with E-state index in [4.69, 9.17) is 9.47 Å². The molecule has 3 saturated heterocycles. The van der Waals surface area contributed by atoms with Crippen LogP contribution >= 0.6 is 0 Å². The van der Waals surface area contributed by atoms with Crippen molar-refractivity contribution in [1.29, 1.82) is 0 Å². The van der Waals surface area contributed by atoms with E-state index in [9.17, 15) is 9.59 Å². The molecule has 9 heteroatoms. The highest BCUT2D eigenvalue weighted by molar-refractivity contribution is 5.86. The molecule has 7 rings (SSSR count). The first-order chi connectivity index (χ1) is 16.6. The smallest absolute Gasteiger partial charge is 0.422 e. The van der Waals surface area contributed by atoms with Crippen LogP contribution < -0.4 is 27.0 Å². The number of rotatable bonds is 3. The second-order valence-electron chi connectivity index (χ2n) is 9.24. The molecule has 2 amide bonds. The summed E-state index contributed by atoms with van der Waals surface area (Å²) in [5.74, 6) is 1.18. The molecular weight excluding hydrogens is 512 g/mol. The van der Waals surface area contributed by atoms with Crippen LogP contribution in [0.2, 0.25) is 0 Å². The number of halogens is 1. The molecule has 5 heterocycles. The molecule has 3 aromatic rings. The van der Waals surface area contributed by atoms with Crippen LogP contribution in [0.1, 0.15) is 29.9 Å². The van der Waals surface area contributed by atoms with Gasteiger partial charge >= 0.3 is 12.0 Å². The topological polar surface area (TPSA) is 90.4 Å². The lowest BCUT2D eigenvalue weighted by Crippen LogP contribution is -3.00. The fourth-order valence-electron chi connectivity index (χ4n) is 5.53.